The Morgan fingerprint density at radius 2 is 1.22 bits per heavy atom. The van der Waals surface area contributed by atoms with Crippen LogP contribution < -0.4 is 9.47 Å². The highest BCUT2D eigenvalue weighted by atomic mass is 16.5. The van der Waals surface area contributed by atoms with Gasteiger partial charge < -0.3 is 9.47 Å². The van der Waals surface area contributed by atoms with Crippen LogP contribution in [-0.2, 0) is 9.59 Å². The summed E-state index contributed by atoms with van der Waals surface area (Å²) in [6, 6.07) is 17.5. The summed E-state index contributed by atoms with van der Waals surface area (Å²) in [4.78, 5) is 23.4. The van der Waals surface area contributed by atoms with Crippen LogP contribution in [0.4, 0.5) is 0 Å². The van der Waals surface area contributed by atoms with E-state index in [4.69, 9.17) is 9.47 Å². The summed E-state index contributed by atoms with van der Waals surface area (Å²) in [6.45, 7) is 1.69. The van der Waals surface area contributed by atoms with Crippen LogP contribution >= 0.6 is 0 Å². The molecule has 0 aliphatic carbocycles. The summed E-state index contributed by atoms with van der Waals surface area (Å²) in [7, 11) is 0. The maximum absolute atomic E-state index is 11.7. The minimum absolute atomic E-state index is 0.465. The highest BCUT2D eigenvalue weighted by molar-refractivity contribution is 5.87. The number of carbonyl (C=O) groups is 2. The Morgan fingerprint density at radius 3 is 1.74 bits per heavy atom. The van der Waals surface area contributed by atoms with Gasteiger partial charge in [-0.05, 0) is 36.8 Å². The molecule has 0 radical (unpaired) electrons. The van der Waals surface area contributed by atoms with Crippen molar-refractivity contribution in [2.24, 2.45) is 0 Å². The number of para-hydroxylation sites is 2. The molecule has 2 aromatic rings. The first-order chi connectivity index (χ1) is 11.1. The van der Waals surface area contributed by atoms with Gasteiger partial charge in [0, 0.05) is 12.2 Å². The Kier molecular flexibility index (Phi) is 5.89. The molecule has 0 atom stereocenters. The zero-order valence-corrected chi connectivity index (χ0v) is 12.6. The molecule has 0 bridgehead atoms. The third kappa shape index (κ3) is 6.01. The first-order valence-corrected chi connectivity index (χ1v) is 7.03. The van der Waals surface area contributed by atoms with Crippen molar-refractivity contribution in [2.75, 3.05) is 0 Å². The van der Waals surface area contributed by atoms with Gasteiger partial charge in [0.1, 0.15) is 11.5 Å². The fourth-order valence-electron chi connectivity index (χ4n) is 1.71. The zero-order chi connectivity index (χ0) is 16.5. The molecular formula is C19H16O4. The fourth-order valence-corrected chi connectivity index (χ4v) is 1.71. The smallest absolute Gasteiger partial charge is 0.336 e. The number of hydrogen-bond acceptors (Lipinski definition) is 4. The first-order valence-electron chi connectivity index (χ1n) is 7.03. The lowest BCUT2D eigenvalue weighted by atomic mass is 10.2. The van der Waals surface area contributed by atoms with E-state index in [0.717, 1.165) is 0 Å². The standard InChI is InChI=1S/C19H16O4/c1-15(14-19(21)23-17-10-6-3-7-11-17)12-13-18(20)22-16-8-4-2-5-9-16/h2-14H,1H3/b13-12+,15-14-. The van der Waals surface area contributed by atoms with Crippen molar-refractivity contribution in [3.8, 4) is 11.5 Å². The molecule has 23 heavy (non-hydrogen) atoms. The van der Waals surface area contributed by atoms with E-state index in [1.54, 1.807) is 55.5 Å². The number of carbonyl (C=O) groups excluding carboxylic acids is 2. The van der Waals surface area contributed by atoms with Crippen molar-refractivity contribution in [3.05, 3.63) is 84.5 Å². The molecule has 0 fully saturated rings. The predicted octanol–water partition coefficient (Wildman–Crippen LogP) is 3.70. The van der Waals surface area contributed by atoms with E-state index in [2.05, 4.69) is 0 Å². The average Bonchev–Trinajstić information content (AvgIpc) is 2.55. The summed E-state index contributed by atoms with van der Waals surface area (Å²) >= 11 is 0. The molecule has 2 rings (SSSR count). The molecule has 0 saturated carbocycles. The topological polar surface area (TPSA) is 52.6 Å². The van der Waals surface area contributed by atoms with Crippen LogP contribution in [0.3, 0.4) is 0 Å². The van der Waals surface area contributed by atoms with Crippen molar-refractivity contribution in [1.82, 2.24) is 0 Å². The molecule has 4 heteroatoms. The zero-order valence-electron chi connectivity index (χ0n) is 12.6. The van der Waals surface area contributed by atoms with Gasteiger partial charge in [0.25, 0.3) is 0 Å². The largest absolute Gasteiger partial charge is 0.423 e. The minimum Gasteiger partial charge on any atom is -0.423 e. The highest BCUT2D eigenvalue weighted by Gasteiger charge is 2.02. The van der Waals surface area contributed by atoms with Crippen molar-refractivity contribution in [1.29, 1.82) is 0 Å². The number of allylic oxidation sites excluding steroid dienone is 2. The monoisotopic (exact) mass is 308 g/mol. The number of esters is 2. The minimum atomic E-state index is -0.514. The average molecular weight is 308 g/mol. The van der Waals surface area contributed by atoms with Gasteiger partial charge in [-0.3, -0.25) is 0 Å². The second kappa shape index (κ2) is 8.34. The second-order valence-electron chi connectivity index (χ2n) is 4.69. The highest BCUT2D eigenvalue weighted by Crippen LogP contribution is 2.10. The van der Waals surface area contributed by atoms with Crippen LogP contribution in [0.15, 0.2) is 84.5 Å². The van der Waals surface area contributed by atoms with E-state index in [1.807, 2.05) is 12.1 Å². The Morgan fingerprint density at radius 1 is 0.739 bits per heavy atom. The molecule has 0 aliphatic heterocycles. The quantitative estimate of drug-likeness (QED) is 0.366. The fraction of sp³-hybridized carbons (Fsp3) is 0.0526. The van der Waals surface area contributed by atoms with Gasteiger partial charge in [-0.2, -0.15) is 0 Å². The summed E-state index contributed by atoms with van der Waals surface area (Å²) in [5, 5.41) is 0. The molecule has 0 unspecified atom stereocenters. The first kappa shape index (κ1) is 16.2. The van der Waals surface area contributed by atoms with Gasteiger partial charge in [-0.1, -0.05) is 42.5 Å². The van der Waals surface area contributed by atoms with Gasteiger partial charge in [0.05, 0.1) is 0 Å². The Labute approximate surface area is 134 Å². The van der Waals surface area contributed by atoms with Crippen LogP contribution in [0, 0.1) is 0 Å². The van der Waals surface area contributed by atoms with Crippen molar-refractivity contribution in [2.45, 2.75) is 6.92 Å². The Hall–Kier alpha value is -3.14. The van der Waals surface area contributed by atoms with Crippen LogP contribution in [0.5, 0.6) is 11.5 Å². The SMILES string of the molecule is CC(=C/C(=O)Oc1ccccc1)/C=C/C(=O)Oc1ccccc1. The van der Waals surface area contributed by atoms with Crippen molar-refractivity contribution < 1.29 is 19.1 Å². The molecular weight excluding hydrogens is 292 g/mol. The maximum atomic E-state index is 11.7. The van der Waals surface area contributed by atoms with E-state index >= 15 is 0 Å². The number of hydrogen-bond donors (Lipinski definition) is 0. The van der Waals surface area contributed by atoms with Crippen molar-refractivity contribution in [3.63, 3.8) is 0 Å². The number of ether oxygens (including phenoxy) is 2. The van der Waals surface area contributed by atoms with Crippen LogP contribution in [0.25, 0.3) is 0 Å². The third-order valence-electron chi connectivity index (χ3n) is 2.75. The lowest BCUT2D eigenvalue weighted by Gasteiger charge is -2.01. The second-order valence-corrected chi connectivity index (χ2v) is 4.69. The lowest BCUT2D eigenvalue weighted by molar-refractivity contribution is -0.130. The normalized spacial score (nSPS) is 11.3. The molecule has 0 saturated heterocycles. The van der Waals surface area contributed by atoms with Gasteiger partial charge in [-0.25, -0.2) is 9.59 Å². The van der Waals surface area contributed by atoms with Gasteiger partial charge >= 0.3 is 11.9 Å². The molecule has 0 spiro atoms. The van der Waals surface area contributed by atoms with Gasteiger partial charge in [0.2, 0.25) is 0 Å². The van der Waals surface area contributed by atoms with Crippen LogP contribution in [0.1, 0.15) is 6.92 Å². The summed E-state index contributed by atoms with van der Waals surface area (Å²) in [5.41, 5.74) is 0.580. The number of benzene rings is 2. The van der Waals surface area contributed by atoms with E-state index in [-0.39, 0.29) is 0 Å². The molecule has 0 heterocycles. The lowest BCUT2D eigenvalue weighted by Crippen LogP contribution is -2.05. The van der Waals surface area contributed by atoms with E-state index in [0.29, 0.717) is 17.1 Å². The van der Waals surface area contributed by atoms with Gasteiger partial charge in [-0.15, -0.1) is 0 Å². The maximum Gasteiger partial charge on any atom is 0.336 e. The molecule has 2 aromatic carbocycles. The summed E-state index contributed by atoms with van der Waals surface area (Å²) in [6.07, 6.45) is 4.06. The number of rotatable bonds is 5. The Balaban J connectivity index is 1.88. The summed E-state index contributed by atoms with van der Waals surface area (Å²) in [5.74, 6) is -0.0866. The Bertz CT molecular complexity index is 716. The molecule has 4 nitrogen and oxygen atoms in total. The van der Waals surface area contributed by atoms with Crippen LogP contribution in [0.2, 0.25) is 0 Å². The molecule has 0 aromatic heterocycles. The molecule has 0 N–H and O–H groups in total. The van der Waals surface area contributed by atoms with E-state index in [9.17, 15) is 9.59 Å². The molecule has 116 valence electrons. The molecule has 0 amide bonds. The predicted molar refractivity (Wildman–Crippen MR) is 87.1 cm³/mol. The van der Waals surface area contributed by atoms with E-state index < -0.39 is 11.9 Å². The third-order valence-corrected chi connectivity index (χ3v) is 2.75. The summed E-state index contributed by atoms with van der Waals surface area (Å²) < 4.78 is 10.2. The van der Waals surface area contributed by atoms with Gasteiger partial charge in [0.15, 0.2) is 0 Å². The molecule has 0 aliphatic rings. The van der Waals surface area contributed by atoms with E-state index in [1.165, 1.54) is 18.2 Å². The van der Waals surface area contributed by atoms with Crippen molar-refractivity contribution >= 4 is 11.9 Å². The van der Waals surface area contributed by atoms with Crippen LogP contribution in [-0.4, -0.2) is 11.9 Å².